The summed E-state index contributed by atoms with van der Waals surface area (Å²) in [6.45, 7) is 1.47. The van der Waals surface area contributed by atoms with Gasteiger partial charge in [-0.05, 0) is 42.5 Å². The first-order valence-electron chi connectivity index (χ1n) is 7.73. The van der Waals surface area contributed by atoms with Crippen LogP contribution in [0.25, 0.3) is 17.4 Å². The predicted molar refractivity (Wildman–Crippen MR) is 109 cm³/mol. The lowest BCUT2D eigenvalue weighted by Gasteiger charge is -2.13. The SMILES string of the molecule is S=C1SC(=Cc2ccc(-c3ccc(Br)cc3)o2)CN1Cc1ccco1. The molecule has 0 bridgehead atoms. The molecule has 0 radical (unpaired) electrons. The number of thioether (sulfide) groups is 1. The van der Waals surface area contributed by atoms with Crippen molar-refractivity contribution >= 4 is 50.3 Å². The van der Waals surface area contributed by atoms with Crippen LogP contribution >= 0.6 is 39.9 Å². The van der Waals surface area contributed by atoms with E-state index in [1.807, 2.05) is 48.5 Å². The summed E-state index contributed by atoms with van der Waals surface area (Å²) in [5, 5.41) is 0. The Balaban J connectivity index is 1.48. The minimum absolute atomic E-state index is 0.693. The van der Waals surface area contributed by atoms with E-state index in [9.17, 15) is 0 Å². The van der Waals surface area contributed by atoms with Crippen LogP contribution < -0.4 is 0 Å². The van der Waals surface area contributed by atoms with Gasteiger partial charge in [0.1, 0.15) is 21.6 Å². The van der Waals surface area contributed by atoms with Gasteiger partial charge in [0.25, 0.3) is 0 Å². The van der Waals surface area contributed by atoms with Gasteiger partial charge in [-0.15, -0.1) is 0 Å². The van der Waals surface area contributed by atoms with E-state index in [1.165, 1.54) is 4.91 Å². The molecule has 126 valence electrons. The summed E-state index contributed by atoms with van der Waals surface area (Å²) in [7, 11) is 0. The Labute approximate surface area is 163 Å². The van der Waals surface area contributed by atoms with Crippen molar-refractivity contribution in [1.29, 1.82) is 0 Å². The average molecular weight is 432 g/mol. The van der Waals surface area contributed by atoms with Crippen molar-refractivity contribution in [3.05, 3.63) is 75.7 Å². The number of hydrogen-bond donors (Lipinski definition) is 0. The van der Waals surface area contributed by atoms with Crippen LogP contribution in [0.1, 0.15) is 11.5 Å². The van der Waals surface area contributed by atoms with E-state index >= 15 is 0 Å². The van der Waals surface area contributed by atoms with Crippen LogP contribution in [0.5, 0.6) is 0 Å². The minimum atomic E-state index is 0.693. The lowest BCUT2D eigenvalue weighted by atomic mass is 10.2. The average Bonchev–Trinajstić information content (AvgIpc) is 3.32. The van der Waals surface area contributed by atoms with Crippen molar-refractivity contribution in [3.63, 3.8) is 0 Å². The molecule has 0 N–H and O–H groups in total. The molecule has 1 aliphatic rings. The monoisotopic (exact) mass is 431 g/mol. The highest BCUT2D eigenvalue weighted by Crippen LogP contribution is 2.33. The Kier molecular flexibility index (Phi) is 4.83. The number of furan rings is 2. The molecular weight excluding hydrogens is 418 g/mol. The van der Waals surface area contributed by atoms with E-state index in [1.54, 1.807) is 18.0 Å². The van der Waals surface area contributed by atoms with E-state index in [0.29, 0.717) is 6.54 Å². The van der Waals surface area contributed by atoms with Crippen LogP contribution in [0.2, 0.25) is 0 Å². The van der Waals surface area contributed by atoms with E-state index in [4.69, 9.17) is 21.1 Å². The standard InChI is InChI=1S/C19H14BrNO2S2/c20-14-5-3-13(4-6-14)18-8-7-15(23-18)10-17-12-21(19(24)25-17)11-16-2-1-9-22-16/h1-10H,11-12H2. The number of halogens is 1. The molecule has 0 atom stereocenters. The van der Waals surface area contributed by atoms with Crippen molar-refractivity contribution in [2.75, 3.05) is 6.54 Å². The van der Waals surface area contributed by atoms with Crippen molar-refractivity contribution in [3.8, 4) is 11.3 Å². The lowest BCUT2D eigenvalue weighted by Crippen LogP contribution is -2.21. The quantitative estimate of drug-likeness (QED) is 0.460. The Morgan fingerprint density at radius 2 is 2.00 bits per heavy atom. The summed E-state index contributed by atoms with van der Waals surface area (Å²) in [4.78, 5) is 3.30. The smallest absolute Gasteiger partial charge is 0.141 e. The van der Waals surface area contributed by atoms with Crippen LogP contribution in [-0.4, -0.2) is 15.8 Å². The molecule has 4 rings (SSSR count). The van der Waals surface area contributed by atoms with Crippen LogP contribution in [0.15, 0.2) is 73.0 Å². The van der Waals surface area contributed by atoms with Crippen LogP contribution in [0, 0.1) is 0 Å². The first-order valence-corrected chi connectivity index (χ1v) is 9.75. The summed E-state index contributed by atoms with van der Waals surface area (Å²) in [6, 6.07) is 15.9. The van der Waals surface area contributed by atoms with E-state index in [-0.39, 0.29) is 0 Å². The summed E-state index contributed by atoms with van der Waals surface area (Å²) in [6.07, 6.45) is 3.74. The Morgan fingerprint density at radius 3 is 2.76 bits per heavy atom. The van der Waals surface area contributed by atoms with Crippen LogP contribution in [0.4, 0.5) is 0 Å². The Hall–Kier alpha value is -1.76. The molecular formula is C19H14BrNO2S2. The molecule has 1 aromatic carbocycles. The second-order valence-electron chi connectivity index (χ2n) is 5.62. The fraction of sp³-hybridized carbons (Fsp3) is 0.105. The fourth-order valence-corrected chi connectivity index (χ4v) is 4.20. The number of thiocarbonyl (C=S) groups is 1. The third-order valence-corrected chi connectivity index (χ3v) is 5.79. The first-order chi connectivity index (χ1) is 12.2. The summed E-state index contributed by atoms with van der Waals surface area (Å²) >= 11 is 10.5. The van der Waals surface area contributed by atoms with Gasteiger partial charge in [0.15, 0.2) is 0 Å². The normalized spacial score (nSPS) is 16.1. The topological polar surface area (TPSA) is 29.5 Å². The minimum Gasteiger partial charge on any atom is -0.467 e. The Morgan fingerprint density at radius 1 is 1.16 bits per heavy atom. The summed E-state index contributed by atoms with van der Waals surface area (Å²) in [5.41, 5.74) is 1.06. The molecule has 2 aromatic heterocycles. The molecule has 0 unspecified atom stereocenters. The molecule has 0 amide bonds. The maximum Gasteiger partial charge on any atom is 0.141 e. The largest absolute Gasteiger partial charge is 0.467 e. The molecule has 3 nitrogen and oxygen atoms in total. The van der Waals surface area contributed by atoms with Gasteiger partial charge in [0.05, 0.1) is 19.4 Å². The van der Waals surface area contributed by atoms with Gasteiger partial charge in [-0.2, -0.15) is 0 Å². The Bertz CT molecular complexity index is 913. The maximum absolute atomic E-state index is 5.96. The van der Waals surface area contributed by atoms with E-state index in [0.717, 1.165) is 38.2 Å². The number of nitrogens with zero attached hydrogens (tertiary/aromatic N) is 1. The van der Waals surface area contributed by atoms with E-state index in [2.05, 4.69) is 26.9 Å². The molecule has 6 heteroatoms. The summed E-state index contributed by atoms with van der Waals surface area (Å²) < 4.78 is 13.3. The van der Waals surface area contributed by atoms with Crippen LogP contribution in [-0.2, 0) is 6.54 Å². The zero-order valence-corrected chi connectivity index (χ0v) is 16.4. The van der Waals surface area contributed by atoms with E-state index < -0.39 is 0 Å². The third kappa shape index (κ3) is 3.92. The predicted octanol–water partition coefficient (Wildman–Crippen LogP) is 6.18. The molecule has 3 aromatic rings. The third-order valence-electron chi connectivity index (χ3n) is 3.81. The van der Waals surface area contributed by atoms with Gasteiger partial charge in [0, 0.05) is 14.9 Å². The molecule has 0 spiro atoms. The van der Waals surface area contributed by atoms with Crippen molar-refractivity contribution in [2.45, 2.75) is 6.54 Å². The first kappa shape index (κ1) is 16.7. The molecule has 0 aliphatic carbocycles. The van der Waals surface area contributed by atoms with Gasteiger partial charge in [-0.3, -0.25) is 0 Å². The zero-order chi connectivity index (χ0) is 17.2. The van der Waals surface area contributed by atoms with Gasteiger partial charge in [-0.25, -0.2) is 0 Å². The second kappa shape index (κ2) is 7.23. The second-order valence-corrected chi connectivity index (χ2v) is 8.30. The number of rotatable bonds is 4. The maximum atomic E-state index is 5.96. The zero-order valence-electron chi connectivity index (χ0n) is 13.1. The summed E-state index contributed by atoms with van der Waals surface area (Å²) in [5.74, 6) is 2.61. The highest BCUT2D eigenvalue weighted by Gasteiger charge is 2.23. The van der Waals surface area contributed by atoms with Crippen molar-refractivity contribution in [2.24, 2.45) is 0 Å². The number of benzene rings is 1. The molecule has 1 saturated heterocycles. The molecule has 0 saturated carbocycles. The highest BCUT2D eigenvalue weighted by molar-refractivity contribution is 9.10. The van der Waals surface area contributed by atoms with Gasteiger partial charge in [0.2, 0.25) is 0 Å². The van der Waals surface area contributed by atoms with Crippen molar-refractivity contribution in [1.82, 2.24) is 4.90 Å². The molecule has 1 fully saturated rings. The van der Waals surface area contributed by atoms with Crippen LogP contribution in [0.3, 0.4) is 0 Å². The number of hydrogen-bond acceptors (Lipinski definition) is 4. The molecule has 1 aliphatic heterocycles. The van der Waals surface area contributed by atoms with Gasteiger partial charge < -0.3 is 13.7 Å². The fourth-order valence-electron chi connectivity index (χ4n) is 2.61. The lowest BCUT2D eigenvalue weighted by molar-refractivity contribution is 0.399. The molecule has 25 heavy (non-hydrogen) atoms. The van der Waals surface area contributed by atoms with Crippen molar-refractivity contribution < 1.29 is 8.83 Å². The van der Waals surface area contributed by atoms with Gasteiger partial charge in [-0.1, -0.05) is 52.0 Å². The highest BCUT2D eigenvalue weighted by atomic mass is 79.9. The van der Waals surface area contributed by atoms with Gasteiger partial charge >= 0.3 is 0 Å². The molecule has 3 heterocycles.